The molecule has 10 heteroatoms. The first-order chi connectivity index (χ1) is 15.5. The summed E-state index contributed by atoms with van der Waals surface area (Å²) < 4.78 is 4.92. The first-order valence-electron chi connectivity index (χ1n) is 12.0. The summed E-state index contributed by atoms with van der Waals surface area (Å²) >= 11 is 1.59. The summed E-state index contributed by atoms with van der Waals surface area (Å²) in [6.07, 6.45) is 4.40. The van der Waals surface area contributed by atoms with Crippen molar-refractivity contribution in [3.8, 4) is 0 Å². The molecule has 33 heavy (non-hydrogen) atoms. The van der Waals surface area contributed by atoms with Crippen LogP contribution in [0.5, 0.6) is 0 Å². The topological polar surface area (TPSA) is 138 Å². The van der Waals surface area contributed by atoms with Gasteiger partial charge in [-0.15, -0.1) is 0 Å². The molecule has 1 saturated heterocycles. The summed E-state index contributed by atoms with van der Waals surface area (Å²) in [7, 11) is 0. The lowest BCUT2D eigenvalue weighted by Crippen LogP contribution is -2.55. The molecule has 2 atom stereocenters. The lowest BCUT2D eigenvalue weighted by molar-refractivity contribution is -0.139. The van der Waals surface area contributed by atoms with E-state index in [1.54, 1.807) is 23.6 Å². The van der Waals surface area contributed by atoms with E-state index in [4.69, 9.17) is 15.9 Å². The molecular formula is C23H41N5O4S. The van der Waals surface area contributed by atoms with Gasteiger partial charge in [-0.1, -0.05) is 20.8 Å². The van der Waals surface area contributed by atoms with Crippen molar-refractivity contribution in [3.05, 3.63) is 0 Å². The lowest BCUT2D eigenvalue weighted by Gasteiger charge is -2.31. The van der Waals surface area contributed by atoms with Crippen molar-refractivity contribution in [2.24, 2.45) is 17.6 Å². The Balaban J connectivity index is 1.95. The highest BCUT2D eigenvalue weighted by atomic mass is 32.2. The molecule has 0 aromatic heterocycles. The molecule has 3 amide bonds. The molecule has 2 rings (SSSR count). The van der Waals surface area contributed by atoms with Crippen LogP contribution in [0.2, 0.25) is 0 Å². The fourth-order valence-electron chi connectivity index (χ4n) is 4.37. The maximum Gasteiger partial charge on any atom is 0.407 e. The molecule has 9 nitrogen and oxygen atoms in total. The second kappa shape index (κ2) is 12.5. The van der Waals surface area contributed by atoms with Crippen molar-refractivity contribution in [1.82, 2.24) is 15.5 Å². The number of nitrogens with two attached hydrogens (primary N) is 1. The Hall–Kier alpha value is -1.97. The Bertz CT molecular complexity index is 703. The van der Waals surface area contributed by atoms with E-state index in [0.717, 1.165) is 32.1 Å². The molecule has 1 aliphatic heterocycles. The summed E-state index contributed by atoms with van der Waals surface area (Å²) in [5, 5.41) is 13.3. The van der Waals surface area contributed by atoms with Gasteiger partial charge in [0.05, 0.1) is 12.4 Å². The van der Waals surface area contributed by atoms with Gasteiger partial charge in [0.15, 0.2) is 0 Å². The summed E-state index contributed by atoms with van der Waals surface area (Å²) in [6.45, 7) is 9.18. The van der Waals surface area contributed by atoms with Gasteiger partial charge in [-0.05, 0) is 51.4 Å². The summed E-state index contributed by atoms with van der Waals surface area (Å²) in [5.41, 5.74) is 5.62. The van der Waals surface area contributed by atoms with Crippen LogP contribution in [0, 0.1) is 17.2 Å². The molecule has 1 heterocycles. The maximum atomic E-state index is 13.4. The fourth-order valence-corrected chi connectivity index (χ4v) is 5.26. The van der Waals surface area contributed by atoms with Gasteiger partial charge in [0.25, 0.3) is 0 Å². The maximum absolute atomic E-state index is 13.4. The van der Waals surface area contributed by atoms with Crippen molar-refractivity contribution in [2.45, 2.75) is 83.1 Å². The average Bonchev–Trinajstić information content (AvgIpc) is 3.24. The van der Waals surface area contributed by atoms with E-state index in [9.17, 15) is 14.4 Å². The smallest absolute Gasteiger partial charge is 0.407 e. The minimum atomic E-state index is -0.747. The number of carbonyl (C=O) groups excluding carboxylic acids is 3. The Morgan fingerprint density at radius 2 is 1.85 bits per heavy atom. The van der Waals surface area contributed by atoms with E-state index >= 15 is 0 Å². The number of likely N-dealkylation sites (tertiary alicyclic amines) is 1. The van der Waals surface area contributed by atoms with Gasteiger partial charge in [-0.2, -0.15) is 11.8 Å². The van der Waals surface area contributed by atoms with Crippen LogP contribution in [-0.2, 0) is 14.3 Å². The van der Waals surface area contributed by atoms with Crippen LogP contribution in [0.25, 0.3) is 0 Å². The second-order valence-corrected chi connectivity index (χ2v) is 11.8. The number of thioether (sulfide) groups is 1. The van der Waals surface area contributed by atoms with E-state index in [2.05, 4.69) is 31.4 Å². The van der Waals surface area contributed by atoms with Gasteiger partial charge in [-0.3, -0.25) is 15.0 Å². The number of amidine groups is 1. The van der Waals surface area contributed by atoms with Crippen LogP contribution < -0.4 is 16.4 Å². The number of alkyl carbamates (subject to hydrolysis) is 1. The summed E-state index contributed by atoms with van der Waals surface area (Å²) in [5.74, 6) is 0.831. The zero-order valence-corrected chi connectivity index (χ0v) is 21.3. The van der Waals surface area contributed by atoms with E-state index in [1.165, 1.54) is 0 Å². The largest absolute Gasteiger partial charge is 0.450 e. The zero-order valence-electron chi connectivity index (χ0n) is 20.4. The number of amides is 3. The van der Waals surface area contributed by atoms with Crippen LogP contribution in [0.1, 0.15) is 66.2 Å². The number of nitrogens with one attached hydrogen (secondary N) is 3. The Kier molecular flexibility index (Phi) is 10.3. The predicted octanol–water partition coefficient (Wildman–Crippen LogP) is 2.48. The first kappa shape index (κ1) is 27.3. The highest BCUT2D eigenvalue weighted by molar-refractivity contribution is 8.00. The van der Waals surface area contributed by atoms with Crippen LogP contribution in [0.3, 0.4) is 0 Å². The lowest BCUT2D eigenvalue weighted by atomic mass is 9.81. The first-order valence-corrected chi connectivity index (χ1v) is 13.0. The molecule has 1 saturated carbocycles. The second-order valence-electron chi connectivity index (χ2n) is 9.95. The molecule has 0 spiro atoms. The molecule has 0 bridgehead atoms. The van der Waals surface area contributed by atoms with Crippen LogP contribution in [0.4, 0.5) is 4.79 Å². The third-order valence-electron chi connectivity index (χ3n) is 6.24. The SMILES string of the molecule is CCOC(=O)N[C@@H](CSC(C)(C)C)C(=O)N1CCC[C@H]1C(=O)NCC1CCC(C(=N)N)CC1. The Morgan fingerprint density at radius 3 is 2.42 bits per heavy atom. The molecule has 0 aromatic carbocycles. The van der Waals surface area contributed by atoms with Crippen LogP contribution >= 0.6 is 11.8 Å². The van der Waals surface area contributed by atoms with E-state index in [-0.39, 0.29) is 34.9 Å². The van der Waals surface area contributed by atoms with Gasteiger partial charge in [0.1, 0.15) is 12.1 Å². The highest BCUT2D eigenvalue weighted by Crippen LogP contribution is 2.29. The standard InChI is InChI=1S/C23H41N5O4S/c1-5-32-22(31)27-17(14-33-23(2,3)4)21(30)28-12-6-7-18(28)20(29)26-13-15-8-10-16(11-9-15)19(24)25/h15-18H,5-14H2,1-4H3,(H3,24,25)(H,26,29)(H,27,31)/t15?,16?,17-,18-/m0/s1. The predicted molar refractivity (Wildman–Crippen MR) is 131 cm³/mol. The molecule has 0 radical (unpaired) electrons. The molecule has 1 aliphatic carbocycles. The third kappa shape index (κ3) is 8.72. The number of hydrogen-bond donors (Lipinski definition) is 4. The van der Waals surface area contributed by atoms with Crippen molar-refractivity contribution in [3.63, 3.8) is 0 Å². The number of ether oxygens (including phenoxy) is 1. The highest BCUT2D eigenvalue weighted by Gasteiger charge is 2.38. The summed E-state index contributed by atoms with van der Waals surface area (Å²) in [4.78, 5) is 40.0. The van der Waals surface area contributed by atoms with E-state index in [0.29, 0.717) is 31.2 Å². The molecule has 2 fully saturated rings. The molecule has 188 valence electrons. The summed E-state index contributed by atoms with van der Waals surface area (Å²) in [6, 6.07) is -1.26. The van der Waals surface area contributed by atoms with Crippen LogP contribution in [-0.4, -0.2) is 70.9 Å². The minimum absolute atomic E-state index is 0.0714. The molecule has 0 aromatic rings. The molecule has 5 N–H and O–H groups in total. The monoisotopic (exact) mass is 483 g/mol. The number of rotatable bonds is 9. The third-order valence-corrected chi connectivity index (χ3v) is 7.60. The van der Waals surface area contributed by atoms with Crippen LogP contribution in [0.15, 0.2) is 0 Å². The average molecular weight is 484 g/mol. The Morgan fingerprint density at radius 1 is 1.18 bits per heavy atom. The zero-order chi connectivity index (χ0) is 24.6. The Labute approximate surface area is 201 Å². The van der Waals surface area contributed by atoms with Gasteiger partial charge < -0.3 is 26.0 Å². The minimum Gasteiger partial charge on any atom is -0.450 e. The molecule has 2 aliphatic rings. The van der Waals surface area contributed by atoms with E-state index in [1.807, 2.05) is 0 Å². The van der Waals surface area contributed by atoms with Gasteiger partial charge in [-0.25, -0.2) is 4.79 Å². The van der Waals surface area contributed by atoms with Crippen molar-refractivity contribution in [1.29, 1.82) is 5.41 Å². The van der Waals surface area contributed by atoms with Gasteiger partial charge in [0, 0.05) is 29.5 Å². The molecular weight excluding hydrogens is 442 g/mol. The number of nitrogens with zero attached hydrogens (tertiary/aromatic N) is 1. The number of carbonyl (C=O) groups is 3. The van der Waals surface area contributed by atoms with Gasteiger partial charge >= 0.3 is 6.09 Å². The quantitative estimate of drug-likeness (QED) is 0.294. The normalized spacial score (nSPS) is 24.1. The van der Waals surface area contributed by atoms with Crippen molar-refractivity contribution in [2.75, 3.05) is 25.4 Å². The van der Waals surface area contributed by atoms with Crippen molar-refractivity contribution < 1.29 is 19.1 Å². The molecule has 0 unspecified atom stereocenters. The van der Waals surface area contributed by atoms with Crippen molar-refractivity contribution >= 4 is 35.5 Å². The van der Waals surface area contributed by atoms with Gasteiger partial charge in [0.2, 0.25) is 11.8 Å². The number of hydrogen-bond acceptors (Lipinski definition) is 6. The van der Waals surface area contributed by atoms with E-state index < -0.39 is 18.2 Å². The fraction of sp³-hybridized carbons (Fsp3) is 0.826.